The van der Waals surface area contributed by atoms with Gasteiger partial charge in [-0.05, 0) is 81.1 Å². The number of benzene rings is 3. The second-order valence-electron chi connectivity index (χ2n) is 21.4. The number of nitrogens with one attached hydrogen (secondary N) is 3. The number of aromatic nitrogens is 4. The van der Waals surface area contributed by atoms with Crippen LogP contribution >= 0.6 is 11.6 Å². The molecule has 0 spiro atoms. The Morgan fingerprint density at radius 1 is 0.870 bits per heavy atom. The average molecular weight is 1090 g/mol. The first-order valence-corrected chi connectivity index (χ1v) is 28.5. The number of piperidine rings is 1. The molecule has 0 radical (unpaired) electrons. The number of rotatable bonds is 21. The maximum atomic E-state index is 13.5. The minimum absolute atomic E-state index is 0.0732. The first kappa shape index (κ1) is 55.1. The topological polar surface area (TPSA) is 209 Å². The fraction of sp³-hybridized carbons (Fsp3) is 0.456. The molecule has 5 heterocycles. The van der Waals surface area contributed by atoms with E-state index in [1.165, 1.54) is 4.57 Å². The summed E-state index contributed by atoms with van der Waals surface area (Å²) in [6.45, 7) is 18.7. The third-order valence-corrected chi connectivity index (χ3v) is 16.8. The molecule has 77 heavy (non-hydrogen) atoms. The first-order valence-electron chi connectivity index (χ1n) is 26.4. The number of aromatic amines is 1. The van der Waals surface area contributed by atoms with E-state index in [4.69, 9.17) is 30.5 Å². The van der Waals surface area contributed by atoms with Crippen LogP contribution in [0.4, 0.5) is 11.6 Å². The van der Waals surface area contributed by atoms with E-state index in [2.05, 4.69) is 73.5 Å². The number of ether oxygens (including phenoxy) is 4. The van der Waals surface area contributed by atoms with E-state index in [1.807, 2.05) is 30.3 Å². The number of carbonyl (C=O) groups excluding carboxylic acids is 1. The lowest BCUT2D eigenvalue weighted by Crippen LogP contribution is -2.74. The van der Waals surface area contributed by atoms with Crippen molar-refractivity contribution >= 4 is 50.1 Å². The van der Waals surface area contributed by atoms with E-state index in [1.54, 1.807) is 75.2 Å². The van der Waals surface area contributed by atoms with Crippen LogP contribution < -0.4 is 34.7 Å². The van der Waals surface area contributed by atoms with Crippen molar-refractivity contribution in [2.45, 2.75) is 78.6 Å². The van der Waals surface area contributed by atoms with Gasteiger partial charge in [0.05, 0.1) is 34.6 Å². The number of carbonyl (C=O) groups is 1. The van der Waals surface area contributed by atoms with Gasteiger partial charge in [-0.15, -0.1) is 0 Å². The second kappa shape index (κ2) is 23.5. The van der Waals surface area contributed by atoms with Crippen LogP contribution in [0.25, 0.3) is 22.0 Å². The zero-order valence-electron chi connectivity index (χ0n) is 44.7. The summed E-state index contributed by atoms with van der Waals surface area (Å²) in [6.07, 6.45) is 10.3. The number of hydrogen-bond donors (Lipinski definition) is 3. The van der Waals surface area contributed by atoms with Crippen molar-refractivity contribution < 1.29 is 32.2 Å². The Morgan fingerprint density at radius 3 is 2.23 bits per heavy atom. The lowest BCUT2D eigenvalue weighted by molar-refractivity contribution is -0.164. The maximum Gasteiger partial charge on any atom is 0.274 e. The predicted octanol–water partition coefficient (Wildman–Crippen LogP) is 8.48. The molecule has 0 atom stereocenters. The quantitative estimate of drug-likeness (QED) is 0.0578. The zero-order valence-corrected chi connectivity index (χ0v) is 46.3. The van der Waals surface area contributed by atoms with Crippen LogP contribution in [0.1, 0.15) is 76.2 Å². The van der Waals surface area contributed by atoms with Gasteiger partial charge in [-0.3, -0.25) is 14.3 Å². The molecule has 20 heteroatoms. The molecule has 1 saturated carbocycles. The van der Waals surface area contributed by atoms with Crippen molar-refractivity contribution in [2.75, 3.05) is 80.9 Å². The summed E-state index contributed by atoms with van der Waals surface area (Å²) >= 11 is 6.26. The van der Waals surface area contributed by atoms with Gasteiger partial charge in [-0.25, -0.2) is 18.4 Å². The van der Waals surface area contributed by atoms with E-state index < -0.39 is 10.0 Å². The molecule has 18 nitrogen and oxygen atoms in total. The average Bonchev–Trinajstić information content (AvgIpc) is 4.00. The molecule has 1 amide bonds. The highest BCUT2D eigenvalue weighted by Crippen LogP contribution is 2.55. The fourth-order valence-corrected chi connectivity index (χ4v) is 12.1. The monoisotopic (exact) mass is 1090 g/mol. The predicted molar refractivity (Wildman–Crippen MR) is 299 cm³/mol. The van der Waals surface area contributed by atoms with E-state index in [9.17, 15) is 23.3 Å². The molecule has 0 bridgehead atoms. The second-order valence-corrected chi connectivity index (χ2v) is 23.8. The van der Waals surface area contributed by atoms with Gasteiger partial charge in [0, 0.05) is 142 Å². The Hall–Kier alpha value is -6.69. The first-order chi connectivity index (χ1) is 36.9. The highest BCUT2D eigenvalue weighted by molar-refractivity contribution is 7.92. The number of pyridine rings is 1. The van der Waals surface area contributed by atoms with Crippen molar-refractivity contribution in [2.24, 2.45) is 17.9 Å². The number of fused-ring (bicyclic) bond motifs is 1. The normalized spacial score (nSPS) is 18.8. The lowest BCUT2D eigenvalue weighted by atomic mass is 9.49. The molecule has 2 aliphatic heterocycles. The van der Waals surface area contributed by atoms with Gasteiger partial charge in [0.1, 0.15) is 40.7 Å². The van der Waals surface area contributed by atoms with E-state index in [0.717, 1.165) is 84.6 Å². The molecule has 0 unspecified atom stereocenters. The van der Waals surface area contributed by atoms with E-state index in [0.29, 0.717) is 79.4 Å². The smallest absolute Gasteiger partial charge is 0.274 e. The summed E-state index contributed by atoms with van der Waals surface area (Å²) in [5.41, 5.74) is 2.00. The Labute approximate surface area is 455 Å². The van der Waals surface area contributed by atoms with Gasteiger partial charge in [0.15, 0.2) is 0 Å². The van der Waals surface area contributed by atoms with Crippen LogP contribution in [0.5, 0.6) is 23.0 Å². The maximum absolute atomic E-state index is 13.5. The SMILES string of the molecule is CCS(=O)(=O)Nc1ccc(Oc2cccc(OCCCN3CCN(CCCOC4CCN(c5ncc(C(=O)NC6C(C)(C)C(Oc7ccc(C#N)c(Cl)c7)C6(C)C)cn5)CC4)CC3)c2)c(-c2cn(C)c(=O)c3[nH]ccc23)c1. The number of nitriles is 1. The summed E-state index contributed by atoms with van der Waals surface area (Å²) in [7, 11) is -1.86. The Balaban J connectivity index is 0.657. The zero-order chi connectivity index (χ0) is 54.5. The molecule has 2 saturated heterocycles. The summed E-state index contributed by atoms with van der Waals surface area (Å²) in [6, 6.07) is 21.4. The van der Waals surface area contributed by atoms with Gasteiger partial charge in [-0.2, -0.15) is 5.26 Å². The third-order valence-electron chi connectivity index (χ3n) is 15.2. The van der Waals surface area contributed by atoms with Crippen LogP contribution in [0.3, 0.4) is 0 Å². The number of aryl methyl sites for hydroxylation is 1. The standard InChI is InChI=1S/C57H69ClN10O8S/c1-7-77(71,72)64-40-14-16-49(46(31-40)47-37-65(6)52(70)50-45(47)17-20-60-50)75-43-12-8-11-42(32-43)74-30-10-22-67-27-25-66(26-28-67)21-9-29-73-41-18-23-68(24-19-41)55-61-35-39(36-62-55)51(69)63-53-56(2,3)54(57(53,4)5)76-44-15-13-38(34-59)48(58)33-44/h8,11-17,20,31-33,35-37,41,53-54,60,64H,7,9-10,18-19,21-30H2,1-6H3,(H,63,69). The number of nitrogens with zero attached hydrogens (tertiary/aromatic N) is 7. The molecular weight excluding hydrogens is 1020 g/mol. The van der Waals surface area contributed by atoms with Gasteiger partial charge in [0.25, 0.3) is 11.5 Å². The molecule has 3 aliphatic rings. The summed E-state index contributed by atoms with van der Waals surface area (Å²) in [5.74, 6) is 2.62. The van der Waals surface area contributed by atoms with Crippen molar-refractivity contribution in [1.29, 1.82) is 5.26 Å². The number of amides is 1. The molecule has 3 fully saturated rings. The lowest BCUT2D eigenvalue weighted by Gasteiger charge is -2.63. The van der Waals surface area contributed by atoms with Gasteiger partial charge >= 0.3 is 0 Å². The number of halogens is 1. The van der Waals surface area contributed by atoms with Gasteiger partial charge < -0.3 is 48.5 Å². The number of sulfonamides is 1. The molecule has 3 aromatic heterocycles. The molecule has 1 aliphatic carbocycles. The third kappa shape index (κ3) is 12.7. The summed E-state index contributed by atoms with van der Waals surface area (Å²) < 4.78 is 54.5. The molecular formula is C57H69ClN10O8S. The number of H-pyrrole nitrogens is 1. The van der Waals surface area contributed by atoms with Crippen LogP contribution in [-0.4, -0.2) is 133 Å². The van der Waals surface area contributed by atoms with Crippen molar-refractivity contribution in [1.82, 2.24) is 34.6 Å². The summed E-state index contributed by atoms with van der Waals surface area (Å²) in [4.78, 5) is 45.7. The highest BCUT2D eigenvalue weighted by Gasteiger charge is 2.64. The molecule has 408 valence electrons. The number of piperazine rings is 1. The van der Waals surface area contributed by atoms with Crippen LogP contribution in [0.15, 0.2) is 96.3 Å². The van der Waals surface area contributed by atoms with Crippen molar-refractivity contribution in [3.05, 3.63) is 118 Å². The molecule has 9 rings (SSSR count). The van der Waals surface area contributed by atoms with Crippen molar-refractivity contribution in [3.8, 4) is 40.2 Å². The highest BCUT2D eigenvalue weighted by atomic mass is 35.5. The molecule has 6 aromatic rings. The van der Waals surface area contributed by atoms with E-state index in [-0.39, 0.29) is 46.3 Å². The van der Waals surface area contributed by atoms with Crippen molar-refractivity contribution in [3.63, 3.8) is 0 Å². The Morgan fingerprint density at radius 2 is 1.56 bits per heavy atom. The number of anilines is 2. The molecule has 3 aromatic carbocycles. The fourth-order valence-electron chi connectivity index (χ4n) is 11.3. The Kier molecular flexibility index (Phi) is 16.8. The van der Waals surface area contributed by atoms with Crippen LogP contribution in [-0.2, 0) is 21.8 Å². The Bertz CT molecular complexity index is 3250. The van der Waals surface area contributed by atoms with E-state index >= 15 is 0 Å². The minimum atomic E-state index is -3.54. The van der Waals surface area contributed by atoms with Crippen LogP contribution in [0.2, 0.25) is 5.02 Å². The largest absolute Gasteiger partial charge is 0.493 e. The number of hydrogen-bond acceptors (Lipinski definition) is 14. The van der Waals surface area contributed by atoms with Gasteiger partial charge in [-0.1, -0.05) is 45.4 Å². The van der Waals surface area contributed by atoms with Crippen LogP contribution in [0, 0.1) is 22.2 Å². The minimum Gasteiger partial charge on any atom is -0.493 e. The molecule has 3 N–H and O–H groups in total. The van der Waals surface area contributed by atoms with Gasteiger partial charge in [0.2, 0.25) is 16.0 Å². The summed E-state index contributed by atoms with van der Waals surface area (Å²) in [5, 5.41) is 13.5.